The van der Waals surface area contributed by atoms with E-state index in [9.17, 15) is 8.42 Å². The predicted octanol–water partition coefficient (Wildman–Crippen LogP) is 2.80. The first-order valence-corrected chi connectivity index (χ1v) is 11.7. The molecule has 0 amide bonds. The van der Waals surface area contributed by atoms with E-state index in [0.29, 0.717) is 11.4 Å². The van der Waals surface area contributed by atoms with Crippen LogP contribution in [0.2, 0.25) is 0 Å². The molecule has 0 aliphatic carbocycles. The van der Waals surface area contributed by atoms with Crippen molar-refractivity contribution in [3.8, 4) is 0 Å². The van der Waals surface area contributed by atoms with Gasteiger partial charge >= 0.3 is 0 Å². The van der Waals surface area contributed by atoms with Crippen molar-refractivity contribution in [1.29, 1.82) is 0 Å². The van der Waals surface area contributed by atoms with E-state index < -0.39 is 9.84 Å². The van der Waals surface area contributed by atoms with Crippen molar-refractivity contribution in [2.75, 3.05) is 39.0 Å². The summed E-state index contributed by atoms with van der Waals surface area (Å²) in [5, 5.41) is 6.68. The van der Waals surface area contributed by atoms with Gasteiger partial charge < -0.3 is 15.5 Å². The molecule has 28 heavy (non-hydrogen) atoms. The highest BCUT2D eigenvalue weighted by molar-refractivity contribution is 14.0. The molecular weight excluding hydrogens is 487 g/mol. The number of piperidine rings is 1. The van der Waals surface area contributed by atoms with Gasteiger partial charge in [0.25, 0.3) is 0 Å². The Bertz CT molecular complexity index is 753. The van der Waals surface area contributed by atoms with Crippen LogP contribution in [-0.2, 0) is 16.4 Å². The highest BCUT2D eigenvalue weighted by Gasteiger charge is 2.15. The van der Waals surface area contributed by atoms with Gasteiger partial charge in [0.1, 0.15) is 0 Å². The summed E-state index contributed by atoms with van der Waals surface area (Å²) < 4.78 is 23.5. The van der Waals surface area contributed by atoms with Crippen molar-refractivity contribution in [3.05, 3.63) is 29.3 Å². The minimum atomic E-state index is -3.18. The van der Waals surface area contributed by atoms with E-state index >= 15 is 0 Å². The Morgan fingerprint density at radius 1 is 1.32 bits per heavy atom. The summed E-state index contributed by atoms with van der Waals surface area (Å²) in [5.74, 6) is 1.59. The SMILES string of the molecule is CCNC(=NCc1ccc(S(C)(=O)=O)c(C)c1)NCCN1CCCC(C)C1.I. The molecule has 0 bridgehead atoms. The normalized spacial score (nSPS) is 18.4. The zero-order valence-corrected chi connectivity index (χ0v) is 20.6. The lowest BCUT2D eigenvalue weighted by Gasteiger charge is -2.30. The van der Waals surface area contributed by atoms with Gasteiger partial charge in [0.05, 0.1) is 11.4 Å². The van der Waals surface area contributed by atoms with Gasteiger partial charge in [0.15, 0.2) is 15.8 Å². The lowest BCUT2D eigenvalue weighted by molar-refractivity contribution is 0.187. The van der Waals surface area contributed by atoms with Gasteiger partial charge in [-0.3, -0.25) is 0 Å². The minimum absolute atomic E-state index is 0. The topological polar surface area (TPSA) is 73.8 Å². The van der Waals surface area contributed by atoms with Crippen molar-refractivity contribution >= 4 is 39.8 Å². The second-order valence-corrected chi connectivity index (χ2v) is 9.53. The summed E-state index contributed by atoms with van der Waals surface area (Å²) in [6, 6.07) is 5.41. The molecule has 1 fully saturated rings. The maximum Gasteiger partial charge on any atom is 0.191 e. The zero-order chi connectivity index (χ0) is 19.9. The van der Waals surface area contributed by atoms with Crippen LogP contribution < -0.4 is 10.6 Å². The molecule has 1 atom stereocenters. The number of guanidine groups is 1. The standard InChI is InChI=1S/C20H34N4O2S.HI/c1-5-21-20(22-10-12-24-11-6-7-16(2)15-24)23-14-18-8-9-19(17(3)13-18)27(4,25)26;/h8-9,13,16H,5-7,10-12,14-15H2,1-4H3,(H2,21,22,23);1H. The van der Waals surface area contributed by atoms with Crippen LogP contribution in [0, 0.1) is 12.8 Å². The van der Waals surface area contributed by atoms with Gasteiger partial charge in [0, 0.05) is 32.4 Å². The third kappa shape index (κ3) is 8.24. The largest absolute Gasteiger partial charge is 0.357 e. The Hall–Kier alpha value is -0.870. The average molecular weight is 522 g/mol. The van der Waals surface area contributed by atoms with E-state index in [1.54, 1.807) is 6.07 Å². The quantitative estimate of drug-likeness (QED) is 0.328. The number of nitrogens with zero attached hydrogens (tertiary/aromatic N) is 2. The zero-order valence-electron chi connectivity index (χ0n) is 17.5. The first-order valence-electron chi connectivity index (χ1n) is 9.83. The molecule has 1 heterocycles. The number of likely N-dealkylation sites (tertiary alicyclic amines) is 1. The first kappa shape index (κ1) is 25.2. The lowest BCUT2D eigenvalue weighted by atomic mass is 10.0. The number of hydrogen-bond donors (Lipinski definition) is 2. The summed E-state index contributed by atoms with van der Waals surface area (Å²) >= 11 is 0. The van der Waals surface area contributed by atoms with Gasteiger partial charge in [-0.05, 0) is 56.3 Å². The Balaban J connectivity index is 0.00000392. The number of benzene rings is 1. The summed E-state index contributed by atoms with van der Waals surface area (Å²) in [6.45, 7) is 11.8. The number of nitrogens with one attached hydrogen (secondary N) is 2. The van der Waals surface area contributed by atoms with E-state index in [-0.39, 0.29) is 24.0 Å². The summed E-state index contributed by atoms with van der Waals surface area (Å²) in [6.07, 6.45) is 3.87. The Labute approximate surface area is 187 Å². The highest BCUT2D eigenvalue weighted by Crippen LogP contribution is 2.17. The molecule has 160 valence electrons. The second kappa shape index (κ2) is 12.0. The number of sulfone groups is 1. The maximum absolute atomic E-state index is 11.7. The summed E-state index contributed by atoms with van der Waals surface area (Å²) in [5.41, 5.74) is 1.77. The molecule has 0 radical (unpaired) electrons. The third-order valence-corrected chi connectivity index (χ3v) is 6.12. The second-order valence-electron chi connectivity index (χ2n) is 7.54. The molecule has 0 saturated carbocycles. The average Bonchev–Trinajstić information content (AvgIpc) is 2.58. The number of hydrogen-bond acceptors (Lipinski definition) is 4. The molecular formula is C20H35IN4O2S. The Kier molecular flexibility index (Phi) is 10.8. The fraction of sp³-hybridized carbons (Fsp3) is 0.650. The summed E-state index contributed by atoms with van der Waals surface area (Å²) in [4.78, 5) is 7.54. The van der Waals surface area contributed by atoms with Crippen molar-refractivity contribution in [2.24, 2.45) is 10.9 Å². The molecule has 1 aliphatic rings. The van der Waals surface area contributed by atoms with Crippen LogP contribution in [-0.4, -0.2) is 58.3 Å². The van der Waals surface area contributed by atoms with Crippen LogP contribution in [0.15, 0.2) is 28.1 Å². The van der Waals surface area contributed by atoms with Gasteiger partial charge in [-0.15, -0.1) is 24.0 Å². The van der Waals surface area contributed by atoms with Gasteiger partial charge in [0.2, 0.25) is 0 Å². The van der Waals surface area contributed by atoms with Crippen LogP contribution >= 0.6 is 24.0 Å². The van der Waals surface area contributed by atoms with Gasteiger partial charge in [-0.2, -0.15) is 0 Å². The predicted molar refractivity (Wildman–Crippen MR) is 127 cm³/mol. The number of halogens is 1. The fourth-order valence-corrected chi connectivity index (χ4v) is 4.52. The number of aryl methyl sites for hydroxylation is 1. The number of rotatable bonds is 7. The van der Waals surface area contributed by atoms with Crippen LogP contribution in [0.5, 0.6) is 0 Å². The molecule has 1 aromatic carbocycles. The van der Waals surface area contributed by atoms with Gasteiger partial charge in [-0.25, -0.2) is 13.4 Å². The first-order chi connectivity index (χ1) is 12.8. The van der Waals surface area contributed by atoms with E-state index in [1.165, 1.54) is 32.2 Å². The smallest absolute Gasteiger partial charge is 0.191 e. The van der Waals surface area contributed by atoms with Crippen molar-refractivity contribution in [2.45, 2.75) is 45.1 Å². The van der Waals surface area contributed by atoms with E-state index in [2.05, 4.69) is 34.4 Å². The van der Waals surface area contributed by atoms with Crippen molar-refractivity contribution in [3.63, 3.8) is 0 Å². The third-order valence-electron chi connectivity index (χ3n) is 4.86. The Morgan fingerprint density at radius 3 is 2.68 bits per heavy atom. The van der Waals surface area contributed by atoms with Gasteiger partial charge in [-0.1, -0.05) is 19.1 Å². The minimum Gasteiger partial charge on any atom is -0.357 e. The summed E-state index contributed by atoms with van der Waals surface area (Å²) in [7, 11) is -3.18. The van der Waals surface area contributed by atoms with Crippen molar-refractivity contribution in [1.82, 2.24) is 15.5 Å². The molecule has 8 heteroatoms. The molecule has 1 aliphatic heterocycles. The molecule has 1 unspecified atom stereocenters. The van der Waals surface area contributed by atoms with E-state index in [0.717, 1.165) is 42.6 Å². The van der Waals surface area contributed by atoms with E-state index in [1.807, 2.05) is 19.1 Å². The lowest BCUT2D eigenvalue weighted by Crippen LogP contribution is -2.43. The highest BCUT2D eigenvalue weighted by atomic mass is 127. The molecule has 2 N–H and O–H groups in total. The molecule has 2 rings (SSSR count). The monoisotopic (exact) mass is 522 g/mol. The molecule has 0 spiro atoms. The number of aliphatic imine (C=N–C) groups is 1. The molecule has 1 saturated heterocycles. The molecule has 1 aromatic rings. The fourth-order valence-electron chi connectivity index (χ4n) is 3.56. The van der Waals surface area contributed by atoms with Crippen LogP contribution in [0.25, 0.3) is 0 Å². The van der Waals surface area contributed by atoms with E-state index in [4.69, 9.17) is 0 Å². The van der Waals surface area contributed by atoms with Crippen LogP contribution in [0.3, 0.4) is 0 Å². The van der Waals surface area contributed by atoms with Crippen LogP contribution in [0.1, 0.15) is 37.8 Å². The maximum atomic E-state index is 11.7. The van der Waals surface area contributed by atoms with Crippen molar-refractivity contribution < 1.29 is 8.42 Å². The molecule has 6 nitrogen and oxygen atoms in total. The molecule has 0 aromatic heterocycles. The van der Waals surface area contributed by atoms with Crippen LogP contribution in [0.4, 0.5) is 0 Å². The Morgan fingerprint density at radius 2 is 2.07 bits per heavy atom.